The molecule has 42 valence electrons. The van der Waals surface area contributed by atoms with Crippen molar-refractivity contribution < 1.29 is 4.46 Å². The summed E-state index contributed by atoms with van der Waals surface area (Å²) in [5.41, 5.74) is 0. The highest BCUT2D eigenvalue weighted by Gasteiger charge is 1.57. The zero-order valence-corrected chi connectivity index (χ0v) is 5.99. The van der Waals surface area contributed by atoms with Gasteiger partial charge in [0.15, 0.2) is 0 Å². The second-order valence-electron chi connectivity index (χ2n) is 1.15. The summed E-state index contributed by atoms with van der Waals surface area (Å²) in [6, 6.07) is 12.0. The van der Waals surface area contributed by atoms with Gasteiger partial charge in [0.25, 0.3) is 0 Å². The van der Waals surface area contributed by atoms with E-state index in [4.69, 9.17) is 4.46 Å². The Morgan fingerprint density at radius 1 is 0.625 bits per heavy atom. The van der Waals surface area contributed by atoms with E-state index >= 15 is 0 Å². The predicted octanol–water partition coefficient (Wildman–Crippen LogP) is 0.652. The molecule has 0 unspecified atom stereocenters. The average Bonchev–Trinajstić information content (AvgIpc) is 1.96. The number of rotatable bonds is 0. The van der Waals surface area contributed by atoms with E-state index in [0.717, 1.165) is 0 Å². The molecule has 1 aromatic carbocycles. The van der Waals surface area contributed by atoms with Crippen LogP contribution in [0.25, 0.3) is 0 Å². The van der Waals surface area contributed by atoms with Gasteiger partial charge >= 0.3 is 0 Å². The first-order valence-corrected chi connectivity index (χ1v) is 2.87. The summed E-state index contributed by atoms with van der Waals surface area (Å²) in [7, 11) is 0.611. The Balaban J connectivity index is 0.000000222. The molecule has 0 N–H and O–H groups in total. The monoisotopic (exact) mass is 124 g/mol. The third-order valence-corrected chi connectivity index (χ3v) is 0.667. The van der Waals surface area contributed by atoms with Crippen LogP contribution < -0.4 is 0 Å². The molecule has 0 aliphatic carbocycles. The largest absolute Gasteiger partial charge is 0.396 e. The molecular formula is C6H8OSi. The lowest BCUT2D eigenvalue weighted by Gasteiger charge is -1.69. The fourth-order valence-electron chi connectivity index (χ4n) is 0.385. The van der Waals surface area contributed by atoms with Gasteiger partial charge < -0.3 is 4.46 Å². The van der Waals surface area contributed by atoms with Gasteiger partial charge in [-0.2, -0.15) is 0 Å². The van der Waals surface area contributed by atoms with Crippen LogP contribution in [0.5, 0.6) is 0 Å². The summed E-state index contributed by atoms with van der Waals surface area (Å²) >= 11 is 0. The minimum atomic E-state index is 0.611. The van der Waals surface area contributed by atoms with Crippen LogP contribution in [0.2, 0.25) is 0 Å². The van der Waals surface area contributed by atoms with Crippen molar-refractivity contribution in [3.8, 4) is 0 Å². The first-order valence-electron chi connectivity index (χ1n) is 2.29. The maximum absolute atomic E-state index is 8.28. The smallest absolute Gasteiger partial charge is 0.245 e. The molecule has 1 rings (SSSR count). The topological polar surface area (TPSA) is 17.1 Å². The molecular weight excluding hydrogens is 116 g/mol. The van der Waals surface area contributed by atoms with E-state index in [0.29, 0.717) is 10.1 Å². The van der Waals surface area contributed by atoms with Crippen molar-refractivity contribution in [1.82, 2.24) is 0 Å². The fraction of sp³-hybridized carbons (Fsp3) is 0. The minimum absolute atomic E-state index is 0.611. The Labute approximate surface area is 51.8 Å². The van der Waals surface area contributed by atoms with Gasteiger partial charge in [0.2, 0.25) is 10.1 Å². The van der Waals surface area contributed by atoms with Crippen LogP contribution in [0.3, 0.4) is 0 Å². The van der Waals surface area contributed by atoms with Gasteiger partial charge in [-0.15, -0.1) is 0 Å². The minimum Gasteiger partial charge on any atom is -0.396 e. The first kappa shape index (κ1) is 7.24. The molecule has 1 aromatic rings. The molecule has 8 heavy (non-hydrogen) atoms. The van der Waals surface area contributed by atoms with Gasteiger partial charge in [-0.25, -0.2) is 0 Å². The van der Waals surface area contributed by atoms with Crippen LogP contribution in [-0.2, 0) is 4.46 Å². The summed E-state index contributed by atoms with van der Waals surface area (Å²) < 4.78 is 8.28. The zero-order valence-electron chi connectivity index (χ0n) is 4.58. The van der Waals surface area contributed by atoms with Crippen LogP contribution in [0.1, 0.15) is 0 Å². The van der Waals surface area contributed by atoms with Gasteiger partial charge in [-0.05, 0) is 0 Å². The second-order valence-corrected chi connectivity index (χ2v) is 1.15. The quantitative estimate of drug-likeness (QED) is 0.464. The summed E-state index contributed by atoms with van der Waals surface area (Å²) in [4.78, 5) is 0. The van der Waals surface area contributed by atoms with Crippen molar-refractivity contribution in [2.24, 2.45) is 0 Å². The molecule has 0 spiro atoms. The standard InChI is InChI=1S/C6H6.H2OSi/c1-2-4-6-5-3-1;1-2/h1-6H;2H2. The van der Waals surface area contributed by atoms with E-state index in [9.17, 15) is 0 Å². The molecule has 0 heterocycles. The van der Waals surface area contributed by atoms with E-state index in [1.165, 1.54) is 0 Å². The molecule has 0 radical (unpaired) electrons. The Hall–Kier alpha value is -0.763. The summed E-state index contributed by atoms with van der Waals surface area (Å²) in [5.74, 6) is 0. The van der Waals surface area contributed by atoms with Crippen molar-refractivity contribution >= 4 is 10.1 Å². The van der Waals surface area contributed by atoms with Gasteiger partial charge in [-0.3, -0.25) is 0 Å². The van der Waals surface area contributed by atoms with Gasteiger partial charge in [-0.1, -0.05) is 36.4 Å². The highest BCUT2D eigenvalue weighted by Crippen LogP contribution is 1.79. The highest BCUT2D eigenvalue weighted by atomic mass is 28.1. The predicted molar refractivity (Wildman–Crippen MR) is 35.7 cm³/mol. The first-order chi connectivity index (χ1) is 4.00. The lowest BCUT2D eigenvalue weighted by atomic mass is 10.4. The van der Waals surface area contributed by atoms with Crippen molar-refractivity contribution in [3.63, 3.8) is 0 Å². The lowest BCUT2D eigenvalue weighted by molar-refractivity contribution is 0.590. The van der Waals surface area contributed by atoms with Crippen LogP contribution in [0.4, 0.5) is 0 Å². The lowest BCUT2D eigenvalue weighted by Crippen LogP contribution is -1.47. The van der Waals surface area contributed by atoms with Gasteiger partial charge in [0.05, 0.1) is 0 Å². The molecule has 0 fully saturated rings. The highest BCUT2D eigenvalue weighted by molar-refractivity contribution is 5.85. The maximum atomic E-state index is 8.28. The number of benzene rings is 1. The third kappa shape index (κ3) is 3.43. The Bertz CT molecular complexity index is 91.4. The molecule has 0 atom stereocenters. The van der Waals surface area contributed by atoms with Crippen LogP contribution in [0, 0.1) is 0 Å². The second kappa shape index (κ2) is 6.24. The van der Waals surface area contributed by atoms with E-state index in [1.807, 2.05) is 36.4 Å². The normalized spacial score (nSPS) is 6.50. The van der Waals surface area contributed by atoms with Crippen molar-refractivity contribution in [1.29, 1.82) is 0 Å². The average molecular weight is 124 g/mol. The Morgan fingerprint density at radius 2 is 0.750 bits per heavy atom. The molecule has 0 saturated carbocycles. The van der Waals surface area contributed by atoms with E-state index in [2.05, 4.69) is 0 Å². The Kier molecular flexibility index (Phi) is 5.64. The molecule has 0 saturated heterocycles. The van der Waals surface area contributed by atoms with Crippen molar-refractivity contribution in [2.75, 3.05) is 0 Å². The van der Waals surface area contributed by atoms with Crippen LogP contribution >= 0.6 is 0 Å². The molecule has 0 aliphatic rings. The molecule has 0 aliphatic heterocycles. The maximum Gasteiger partial charge on any atom is 0.245 e. The Morgan fingerprint density at radius 3 is 0.875 bits per heavy atom. The van der Waals surface area contributed by atoms with Gasteiger partial charge in [0, 0.05) is 0 Å². The number of hydrogen-bond acceptors (Lipinski definition) is 1. The van der Waals surface area contributed by atoms with Crippen molar-refractivity contribution in [3.05, 3.63) is 36.4 Å². The molecule has 2 heteroatoms. The third-order valence-electron chi connectivity index (χ3n) is 0.667. The molecule has 0 bridgehead atoms. The SMILES string of the molecule is O=[SiH2].c1ccccc1. The number of hydrogen-bond donors (Lipinski definition) is 0. The fourth-order valence-corrected chi connectivity index (χ4v) is 0.385. The summed E-state index contributed by atoms with van der Waals surface area (Å²) in [6.45, 7) is 0. The van der Waals surface area contributed by atoms with E-state index in [1.54, 1.807) is 0 Å². The molecule has 0 aromatic heterocycles. The van der Waals surface area contributed by atoms with E-state index in [-0.39, 0.29) is 0 Å². The zero-order chi connectivity index (χ0) is 6.24. The van der Waals surface area contributed by atoms with Crippen molar-refractivity contribution in [2.45, 2.75) is 0 Å². The summed E-state index contributed by atoms with van der Waals surface area (Å²) in [5, 5.41) is 0. The van der Waals surface area contributed by atoms with Crippen LogP contribution in [-0.4, -0.2) is 10.1 Å². The van der Waals surface area contributed by atoms with Crippen LogP contribution in [0.15, 0.2) is 36.4 Å². The molecule has 1 nitrogen and oxygen atoms in total. The summed E-state index contributed by atoms with van der Waals surface area (Å²) in [6.07, 6.45) is 0. The van der Waals surface area contributed by atoms with E-state index < -0.39 is 0 Å². The molecule has 0 amide bonds. The van der Waals surface area contributed by atoms with Gasteiger partial charge in [0.1, 0.15) is 0 Å².